The van der Waals surface area contributed by atoms with Gasteiger partial charge in [-0.2, -0.15) is 0 Å². The summed E-state index contributed by atoms with van der Waals surface area (Å²) in [5, 5.41) is 11.7. The minimum absolute atomic E-state index is 0.0248. The summed E-state index contributed by atoms with van der Waals surface area (Å²) in [5.74, 6) is 1.30. The van der Waals surface area contributed by atoms with Crippen LogP contribution in [0.15, 0.2) is 5.16 Å². The van der Waals surface area contributed by atoms with E-state index in [-0.39, 0.29) is 23.6 Å². The monoisotopic (exact) mass is 225 g/mol. The number of likely N-dealkylation sites (tertiary alicyclic amines) is 1. The zero-order valence-electron chi connectivity index (χ0n) is 9.59. The molecule has 16 heavy (non-hydrogen) atoms. The highest BCUT2D eigenvalue weighted by Crippen LogP contribution is 2.39. The molecule has 0 spiro atoms. The van der Waals surface area contributed by atoms with Crippen LogP contribution in [0.5, 0.6) is 0 Å². The fraction of sp³-hybridized carbons (Fsp3) is 0.818. The van der Waals surface area contributed by atoms with E-state index in [0.717, 1.165) is 25.8 Å². The van der Waals surface area contributed by atoms with Crippen molar-refractivity contribution in [2.45, 2.75) is 26.2 Å². The summed E-state index contributed by atoms with van der Waals surface area (Å²) in [5.41, 5.74) is 5.59. The van der Waals surface area contributed by atoms with E-state index in [1.807, 2.05) is 4.90 Å². The molecule has 3 atom stereocenters. The Kier molecular flexibility index (Phi) is 3.03. The van der Waals surface area contributed by atoms with Gasteiger partial charge in [-0.05, 0) is 25.2 Å². The van der Waals surface area contributed by atoms with Gasteiger partial charge in [-0.1, -0.05) is 12.1 Å². The van der Waals surface area contributed by atoms with E-state index in [1.165, 1.54) is 0 Å². The summed E-state index contributed by atoms with van der Waals surface area (Å²) in [4.78, 5) is 13.9. The molecule has 0 aromatic heterocycles. The highest BCUT2D eigenvalue weighted by Gasteiger charge is 2.42. The van der Waals surface area contributed by atoms with Crippen molar-refractivity contribution in [2.24, 2.45) is 28.6 Å². The first-order valence-corrected chi connectivity index (χ1v) is 5.89. The Bertz CT molecular complexity index is 316. The number of nitrogens with zero attached hydrogens (tertiary/aromatic N) is 2. The number of nitrogens with two attached hydrogens (primary N) is 1. The maximum absolute atomic E-state index is 12.0. The number of amidine groups is 1. The molecular formula is C11H19N3O2. The Morgan fingerprint density at radius 1 is 1.56 bits per heavy atom. The molecule has 90 valence electrons. The van der Waals surface area contributed by atoms with Crippen LogP contribution in [-0.2, 0) is 4.79 Å². The molecule has 0 aromatic carbocycles. The summed E-state index contributed by atoms with van der Waals surface area (Å²) in [7, 11) is 0. The lowest BCUT2D eigenvalue weighted by Crippen LogP contribution is -2.44. The molecule has 3 N–H and O–H groups in total. The number of piperidine rings is 1. The molecule has 5 nitrogen and oxygen atoms in total. The summed E-state index contributed by atoms with van der Waals surface area (Å²) < 4.78 is 0. The summed E-state index contributed by atoms with van der Waals surface area (Å²) in [6.07, 6.45) is 2.86. The van der Waals surface area contributed by atoms with Crippen molar-refractivity contribution in [3.8, 4) is 0 Å². The second-order valence-corrected chi connectivity index (χ2v) is 4.97. The zero-order valence-corrected chi connectivity index (χ0v) is 9.59. The van der Waals surface area contributed by atoms with Crippen molar-refractivity contribution in [2.75, 3.05) is 13.1 Å². The van der Waals surface area contributed by atoms with Crippen LogP contribution in [0.25, 0.3) is 0 Å². The second-order valence-electron chi connectivity index (χ2n) is 4.97. The van der Waals surface area contributed by atoms with Crippen LogP contribution < -0.4 is 5.73 Å². The van der Waals surface area contributed by atoms with Gasteiger partial charge < -0.3 is 15.8 Å². The third-order valence-corrected chi connectivity index (χ3v) is 3.69. The zero-order chi connectivity index (χ0) is 11.7. The van der Waals surface area contributed by atoms with Crippen LogP contribution in [-0.4, -0.2) is 34.9 Å². The van der Waals surface area contributed by atoms with E-state index < -0.39 is 0 Å². The van der Waals surface area contributed by atoms with E-state index in [9.17, 15) is 4.79 Å². The van der Waals surface area contributed by atoms with Gasteiger partial charge in [-0.3, -0.25) is 4.79 Å². The minimum atomic E-state index is 0.0248. The maximum atomic E-state index is 12.0. The molecule has 2 aliphatic rings. The molecule has 1 amide bonds. The molecule has 0 radical (unpaired) electrons. The summed E-state index contributed by atoms with van der Waals surface area (Å²) >= 11 is 0. The SMILES string of the molecule is CC1CC1C(=O)N1CCCC(C(N)=NO)C1. The maximum Gasteiger partial charge on any atom is 0.225 e. The number of carbonyl (C=O) groups is 1. The predicted octanol–water partition coefficient (Wildman–Crippen LogP) is 0.627. The van der Waals surface area contributed by atoms with Gasteiger partial charge in [0.15, 0.2) is 0 Å². The number of hydrogen-bond donors (Lipinski definition) is 2. The quantitative estimate of drug-likeness (QED) is 0.313. The lowest BCUT2D eigenvalue weighted by atomic mass is 9.96. The molecule has 2 fully saturated rings. The van der Waals surface area contributed by atoms with Crippen LogP contribution in [0.2, 0.25) is 0 Å². The standard InChI is InChI=1S/C11H19N3O2/c1-7-5-9(7)11(15)14-4-2-3-8(6-14)10(12)13-16/h7-9,16H,2-6H2,1H3,(H2,12,13). The minimum Gasteiger partial charge on any atom is -0.409 e. The van der Waals surface area contributed by atoms with Gasteiger partial charge in [0.1, 0.15) is 5.84 Å². The summed E-state index contributed by atoms with van der Waals surface area (Å²) in [6, 6.07) is 0. The topological polar surface area (TPSA) is 78.9 Å². The summed E-state index contributed by atoms with van der Waals surface area (Å²) in [6.45, 7) is 3.53. The lowest BCUT2D eigenvalue weighted by Gasteiger charge is -2.32. The van der Waals surface area contributed by atoms with E-state index in [0.29, 0.717) is 12.5 Å². The Morgan fingerprint density at radius 2 is 2.25 bits per heavy atom. The first-order valence-electron chi connectivity index (χ1n) is 5.89. The van der Waals surface area contributed by atoms with Crippen LogP contribution in [0.4, 0.5) is 0 Å². The number of hydrogen-bond acceptors (Lipinski definition) is 3. The number of carbonyl (C=O) groups excluding carboxylic acids is 1. The van der Waals surface area contributed by atoms with Gasteiger partial charge in [-0.25, -0.2) is 0 Å². The van der Waals surface area contributed by atoms with E-state index in [1.54, 1.807) is 0 Å². The van der Waals surface area contributed by atoms with Crippen LogP contribution in [0.1, 0.15) is 26.2 Å². The molecule has 5 heteroatoms. The van der Waals surface area contributed by atoms with Gasteiger partial charge in [0, 0.05) is 24.9 Å². The van der Waals surface area contributed by atoms with Crippen LogP contribution in [0.3, 0.4) is 0 Å². The molecule has 1 aliphatic heterocycles. The third-order valence-electron chi connectivity index (χ3n) is 3.69. The molecule has 1 saturated heterocycles. The van der Waals surface area contributed by atoms with Crippen molar-refractivity contribution in [1.82, 2.24) is 4.90 Å². The lowest BCUT2D eigenvalue weighted by molar-refractivity contribution is -0.134. The second kappa shape index (κ2) is 4.31. The first kappa shape index (κ1) is 11.2. The van der Waals surface area contributed by atoms with Crippen molar-refractivity contribution >= 4 is 11.7 Å². The van der Waals surface area contributed by atoms with Gasteiger partial charge >= 0.3 is 0 Å². The van der Waals surface area contributed by atoms with Crippen LogP contribution in [0, 0.1) is 17.8 Å². The molecule has 0 bridgehead atoms. The molecule has 1 aliphatic carbocycles. The third kappa shape index (κ3) is 2.13. The largest absolute Gasteiger partial charge is 0.409 e. The molecule has 1 heterocycles. The van der Waals surface area contributed by atoms with E-state index in [4.69, 9.17) is 10.9 Å². The smallest absolute Gasteiger partial charge is 0.225 e. The van der Waals surface area contributed by atoms with Crippen molar-refractivity contribution in [3.63, 3.8) is 0 Å². The Hall–Kier alpha value is -1.26. The Morgan fingerprint density at radius 3 is 2.81 bits per heavy atom. The normalized spacial score (nSPS) is 34.9. The highest BCUT2D eigenvalue weighted by atomic mass is 16.4. The molecule has 3 unspecified atom stereocenters. The van der Waals surface area contributed by atoms with Crippen molar-refractivity contribution in [3.05, 3.63) is 0 Å². The average Bonchev–Trinajstić information content (AvgIpc) is 3.04. The fourth-order valence-corrected chi connectivity index (χ4v) is 2.40. The number of rotatable bonds is 2. The first-order chi connectivity index (χ1) is 7.63. The van der Waals surface area contributed by atoms with E-state index in [2.05, 4.69) is 12.1 Å². The molecule has 1 saturated carbocycles. The number of amides is 1. The molecule has 0 aromatic rings. The van der Waals surface area contributed by atoms with Gasteiger partial charge in [0.2, 0.25) is 5.91 Å². The number of oxime groups is 1. The molecular weight excluding hydrogens is 206 g/mol. The highest BCUT2D eigenvalue weighted by molar-refractivity contribution is 5.85. The van der Waals surface area contributed by atoms with Gasteiger partial charge in [-0.15, -0.1) is 0 Å². The predicted molar refractivity (Wildman–Crippen MR) is 60.0 cm³/mol. The fourth-order valence-electron chi connectivity index (χ4n) is 2.40. The van der Waals surface area contributed by atoms with Crippen molar-refractivity contribution < 1.29 is 10.0 Å². The van der Waals surface area contributed by atoms with Crippen LogP contribution >= 0.6 is 0 Å². The Balaban J connectivity index is 1.94. The van der Waals surface area contributed by atoms with Gasteiger partial charge in [0.25, 0.3) is 0 Å². The Labute approximate surface area is 95.3 Å². The van der Waals surface area contributed by atoms with E-state index >= 15 is 0 Å². The van der Waals surface area contributed by atoms with Gasteiger partial charge in [0.05, 0.1) is 0 Å². The average molecular weight is 225 g/mol. The van der Waals surface area contributed by atoms with Crippen molar-refractivity contribution in [1.29, 1.82) is 0 Å². The molecule has 2 rings (SSSR count).